The Balaban J connectivity index is 1.63. The lowest BCUT2D eigenvalue weighted by Crippen LogP contribution is -2.19. The first-order chi connectivity index (χ1) is 16.6. The number of nitrogens with one attached hydrogen (secondary N) is 2. The lowest BCUT2D eigenvalue weighted by Gasteiger charge is -2.19. The Morgan fingerprint density at radius 3 is 2.34 bits per heavy atom. The van der Waals surface area contributed by atoms with Crippen molar-refractivity contribution in [2.75, 3.05) is 10.6 Å². The second kappa shape index (κ2) is 9.58. The molecule has 0 fully saturated rings. The molecular formula is C29H30N4O2. The molecule has 6 nitrogen and oxygen atoms in total. The van der Waals surface area contributed by atoms with Crippen molar-refractivity contribution in [3.05, 3.63) is 106 Å². The molecular weight excluding hydrogens is 436 g/mol. The van der Waals surface area contributed by atoms with E-state index < -0.39 is 0 Å². The van der Waals surface area contributed by atoms with Crippen LogP contribution in [0.2, 0.25) is 0 Å². The van der Waals surface area contributed by atoms with Crippen LogP contribution in [0.1, 0.15) is 42.3 Å². The Labute approximate surface area is 205 Å². The number of rotatable bonds is 5. The first kappa shape index (κ1) is 24.0. The summed E-state index contributed by atoms with van der Waals surface area (Å²) in [6, 6.07) is 20.8. The number of anilines is 3. The number of hydrogen-bond donors (Lipinski definition) is 2. The molecule has 0 radical (unpaired) electrons. The molecule has 35 heavy (non-hydrogen) atoms. The van der Waals surface area contributed by atoms with Crippen LogP contribution in [-0.2, 0) is 12.5 Å². The van der Waals surface area contributed by atoms with Crippen molar-refractivity contribution < 1.29 is 4.79 Å². The van der Waals surface area contributed by atoms with E-state index in [0.29, 0.717) is 17.1 Å². The van der Waals surface area contributed by atoms with Gasteiger partial charge in [-0.15, -0.1) is 0 Å². The fourth-order valence-corrected chi connectivity index (χ4v) is 3.92. The molecule has 2 aromatic carbocycles. The summed E-state index contributed by atoms with van der Waals surface area (Å²) in [5, 5.41) is 6.15. The molecule has 4 aromatic rings. The SMILES string of the molecule is Cc1c(NC(=O)c2ccc(C(C)(C)C)cc2)cccc1-c1cc(Nc2ccccn2)c(=O)n(C)c1. The van der Waals surface area contributed by atoms with E-state index in [1.165, 1.54) is 5.56 Å². The van der Waals surface area contributed by atoms with Crippen LogP contribution in [0.5, 0.6) is 0 Å². The van der Waals surface area contributed by atoms with Crippen LogP contribution in [0.4, 0.5) is 17.2 Å². The standard InChI is InChI=1S/C29H30N4O2/c1-19-23(21-17-25(28(35)33(5)18-21)31-26-11-6-7-16-30-26)9-8-10-24(19)32-27(34)20-12-14-22(15-13-20)29(2,3)4/h6-18H,1-5H3,(H,30,31)(H,32,34). The zero-order valence-electron chi connectivity index (χ0n) is 20.7. The number of pyridine rings is 2. The van der Waals surface area contributed by atoms with E-state index in [1.807, 2.05) is 73.7 Å². The Morgan fingerprint density at radius 2 is 1.69 bits per heavy atom. The van der Waals surface area contributed by atoms with E-state index in [9.17, 15) is 9.59 Å². The molecule has 0 saturated heterocycles. The molecule has 178 valence electrons. The average Bonchev–Trinajstić information content (AvgIpc) is 2.83. The highest BCUT2D eigenvalue weighted by Crippen LogP contribution is 2.30. The average molecular weight is 467 g/mol. The molecule has 0 bridgehead atoms. The minimum atomic E-state index is -0.163. The van der Waals surface area contributed by atoms with Gasteiger partial charge in [0.1, 0.15) is 11.5 Å². The summed E-state index contributed by atoms with van der Waals surface area (Å²) < 4.78 is 1.54. The zero-order valence-corrected chi connectivity index (χ0v) is 20.7. The van der Waals surface area contributed by atoms with Crippen LogP contribution in [0, 0.1) is 6.92 Å². The molecule has 0 spiro atoms. The summed E-state index contributed by atoms with van der Waals surface area (Å²) in [5.74, 6) is 0.431. The Kier molecular flexibility index (Phi) is 6.56. The zero-order chi connectivity index (χ0) is 25.2. The minimum Gasteiger partial charge on any atom is -0.336 e. The summed E-state index contributed by atoms with van der Waals surface area (Å²) in [6.07, 6.45) is 3.47. The Hall–Kier alpha value is -4.19. The van der Waals surface area contributed by atoms with Gasteiger partial charge in [-0.25, -0.2) is 4.98 Å². The molecule has 2 aromatic heterocycles. The van der Waals surface area contributed by atoms with Crippen LogP contribution in [-0.4, -0.2) is 15.5 Å². The predicted molar refractivity (Wildman–Crippen MR) is 142 cm³/mol. The van der Waals surface area contributed by atoms with E-state index in [0.717, 1.165) is 22.4 Å². The van der Waals surface area contributed by atoms with Crippen molar-refractivity contribution in [3.63, 3.8) is 0 Å². The fourth-order valence-electron chi connectivity index (χ4n) is 3.92. The lowest BCUT2D eigenvalue weighted by molar-refractivity contribution is 0.102. The van der Waals surface area contributed by atoms with Gasteiger partial charge in [0.05, 0.1) is 0 Å². The molecule has 0 aliphatic heterocycles. The maximum atomic E-state index is 13.0. The molecule has 2 N–H and O–H groups in total. The topological polar surface area (TPSA) is 76.0 Å². The summed E-state index contributed by atoms with van der Waals surface area (Å²) in [4.78, 5) is 29.9. The maximum absolute atomic E-state index is 13.0. The van der Waals surface area contributed by atoms with Crippen molar-refractivity contribution >= 4 is 23.1 Å². The van der Waals surface area contributed by atoms with Crippen molar-refractivity contribution in [1.82, 2.24) is 9.55 Å². The summed E-state index contributed by atoms with van der Waals surface area (Å²) >= 11 is 0. The van der Waals surface area contributed by atoms with Gasteiger partial charge in [-0.2, -0.15) is 0 Å². The molecule has 0 aliphatic rings. The molecule has 0 saturated carbocycles. The smallest absolute Gasteiger partial charge is 0.274 e. The van der Waals surface area contributed by atoms with Gasteiger partial charge in [-0.1, -0.05) is 51.1 Å². The van der Waals surface area contributed by atoms with Crippen molar-refractivity contribution in [2.24, 2.45) is 7.05 Å². The highest BCUT2D eigenvalue weighted by atomic mass is 16.1. The molecule has 2 heterocycles. The third-order valence-corrected chi connectivity index (χ3v) is 6.02. The molecule has 1 amide bonds. The van der Waals surface area contributed by atoms with Gasteiger partial charge < -0.3 is 15.2 Å². The highest BCUT2D eigenvalue weighted by molar-refractivity contribution is 6.05. The largest absolute Gasteiger partial charge is 0.336 e. The summed E-state index contributed by atoms with van der Waals surface area (Å²) in [5.41, 5.74) is 5.50. The number of amides is 1. The monoisotopic (exact) mass is 466 g/mol. The Morgan fingerprint density at radius 1 is 0.943 bits per heavy atom. The normalized spacial score (nSPS) is 11.2. The number of aromatic nitrogens is 2. The molecule has 6 heteroatoms. The first-order valence-corrected chi connectivity index (χ1v) is 11.5. The summed E-state index contributed by atoms with van der Waals surface area (Å²) in [7, 11) is 1.72. The third-order valence-electron chi connectivity index (χ3n) is 6.02. The van der Waals surface area contributed by atoms with Crippen LogP contribution in [0.3, 0.4) is 0 Å². The van der Waals surface area contributed by atoms with Gasteiger partial charge in [0.15, 0.2) is 0 Å². The quantitative estimate of drug-likeness (QED) is 0.375. The third kappa shape index (κ3) is 5.32. The van der Waals surface area contributed by atoms with Crippen molar-refractivity contribution in [3.8, 4) is 11.1 Å². The molecule has 0 aliphatic carbocycles. The second-order valence-electron chi connectivity index (χ2n) is 9.66. The van der Waals surface area contributed by atoms with Crippen LogP contribution >= 0.6 is 0 Å². The molecule has 0 unspecified atom stereocenters. The van der Waals surface area contributed by atoms with E-state index in [-0.39, 0.29) is 16.9 Å². The number of hydrogen-bond acceptors (Lipinski definition) is 4. The number of carbonyl (C=O) groups is 1. The molecule has 0 atom stereocenters. The van der Waals surface area contributed by atoms with Gasteiger partial charge in [-0.05, 0) is 65.4 Å². The van der Waals surface area contributed by atoms with Gasteiger partial charge in [-0.3, -0.25) is 9.59 Å². The van der Waals surface area contributed by atoms with Crippen LogP contribution in [0.15, 0.2) is 83.9 Å². The van der Waals surface area contributed by atoms with E-state index in [2.05, 4.69) is 36.4 Å². The van der Waals surface area contributed by atoms with E-state index in [4.69, 9.17) is 0 Å². The van der Waals surface area contributed by atoms with Gasteiger partial charge in [0.2, 0.25) is 0 Å². The number of aryl methyl sites for hydroxylation is 1. The summed E-state index contributed by atoms with van der Waals surface area (Å²) in [6.45, 7) is 8.40. The van der Waals surface area contributed by atoms with Crippen molar-refractivity contribution in [2.45, 2.75) is 33.1 Å². The number of benzene rings is 2. The fraction of sp³-hybridized carbons (Fsp3) is 0.207. The van der Waals surface area contributed by atoms with Crippen molar-refractivity contribution in [1.29, 1.82) is 0 Å². The van der Waals surface area contributed by atoms with E-state index >= 15 is 0 Å². The Bertz CT molecular complexity index is 1420. The van der Waals surface area contributed by atoms with Gasteiger partial charge >= 0.3 is 0 Å². The van der Waals surface area contributed by atoms with Crippen LogP contribution in [0.25, 0.3) is 11.1 Å². The maximum Gasteiger partial charge on any atom is 0.274 e. The predicted octanol–water partition coefficient (Wildman–Crippen LogP) is 6.05. The second-order valence-corrected chi connectivity index (χ2v) is 9.66. The lowest BCUT2D eigenvalue weighted by atomic mass is 9.86. The number of nitrogens with zero attached hydrogens (tertiary/aromatic N) is 2. The van der Waals surface area contributed by atoms with Gasteiger partial charge in [0, 0.05) is 36.3 Å². The number of carbonyl (C=O) groups excluding carboxylic acids is 1. The highest BCUT2D eigenvalue weighted by Gasteiger charge is 2.16. The van der Waals surface area contributed by atoms with E-state index in [1.54, 1.807) is 24.0 Å². The van der Waals surface area contributed by atoms with Crippen LogP contribution < -0.4 is 16.2 Å². The van der Waals surface area contributed by atoms with Gasteiger partial charge in [0.25, 0.3) is 11.5 Å². The minimum absolute atomic E-state index is 0.0278. The first-order valence-electron chi connectivity index (χ1n) is 11.5. The molecule has 4 rings (SSSR count).